The summed E-state index contributed by atoms with van der Waals surface area (Å²) in [7, 11) is 0. The number of nitrogens with one attached hydrogen (secondary N) is 1. The predicted octanol–water partition coefficient (Wildman–Crippen LogP) is 5.38. The normalized spacial score (nSPS) is 10.8. The molecule has 0 aliphatic heterocycles. The molecule has 0 saturated heterocycles. The summed E-state index contributed by atoms with van der Waals surface area (Å²) in [6, 6.07) is 26.6. The highest BCUT2D eigenvalue weighted by atomic mass is 16.1. The molecule has 3 aromatic carbocycles. The highest BCUT2D eigenvalue weighted by molar-refractivity contribution is 5.92. The lowest BCUT2D eigenvalue weighted by molar-refractivity contribution is -0.115. The van der Waals surface area contributed by atoms with Gasteiger partial charge in [0.2, 0.25) is 5.91 Å². The van der Waals surface area contributed by atoms with Crippen LogP contribution in [0, 0.1) is 0 Å². The maximum absolute atomic E-state index is 12.4. The number of hydrogen-bond donors (Lipinski definition) is 1. The molecule has 1 N–H and O–H groups in total. The van der Waals surface area contributed by atoms with Crippen molar-refractivity contribution in [2.24, 2.45) is 0 Å². The van der Waals surface area contributed by atoms with Gasteiger partial charge in [-0.15, -0.1) is 0 Å². The third-order valence-electron chi connectivity index (χ3n) is 4.96. The number of amides is 1. The molecule has 0 fully saturated rings. The Bertz CT molecular complexity index is 867. The minimum atomic E-state index is 0.00366. The van der Waals surface area contributed by atoms with Gasteiger partial charge in [-0.05, 0) is 47.5 Å². The van der Waals surface area contributed by atoms with Crippen molar-refractivity contribution < 1.29 is 4.79 Å². The second kappa shape index (κ2) is 9.86. The zero-order valence-corrected chi connectivity index (χ0v) is 16.7. The zero-order valence-electron chi connectivity index (χ0n) is 16.7. The molecule has 0 atom stereocenters. The van der Waals surface area contributed by atoms with E-state index in [1.54, 1.807) is 0 Å². The highest BCUT2D eigenvalue weighted by Crippen LogP contribution is 2.19. The summed E-state index contributed by atoms with van der Waals surface area (Å²) in [5, 5.41) is 2.99. The SMILES string of the molecule is CCN(CC)Cc1ccc(NC(=O)Cc2ccc(-c3ccccc3)cc2)cc1. The Hall–Kier alpha value is -2.91. The van der Waals surface area contributed by atoms with Crippen LogP contribution in [0.2, 0.25) is 0 Å². The molecule has 0 aliphatic carbocycles. The number of benzene rings is 3. The molecular formula is C25H28N2O. The lowest BCUT2D eigenvalue weighted by atomic mass is 10.0. The maximum atomic E-state index is 12.4. The van der Waals surface area contributed by atoms with E-state index in [-0.39, 0.29) is 5.91 Å². The van der Waals surface area contributed by atoms with Crippen molar-refractivity contribution in [2.45, 2.75) is 26.8 Å². The molecule has 0 aliphatic rings. The lowest BCUT2D eigenvalue weighted by Crippen LogP contribution is -2.22. The molecule has 144 valence electrons. The smallest absolute Gasteiger partial charge is 0.228 e. The molecular weight excluding hydrogens is 344 g/mol. The zero-order chi connectivity index (χ0) is 19.8. The molecule has 0 aromatic heterocycles. The first-order valence-corrected chi connectivity index (χ1v) is 9.93. The second-order valence-corrected chi connectivity index (χ2v) is 6.95. The van der Waals surface area contributed by atoms with Crippen molar-refractivity contribution in [2.75, 3.05) is 18.4 Å². The van der Waals surface area contributed by atoms with Gasteiger partial charge in [0.05, 0.1) is 6.42 Å². The fourth-order valence-corrected chi connectivity index (χ4v) is 3.24. The Morgan fingerprint density at radius 3 is 1.93 bits per heavy atom. The van der Waals surface area contributed by atoms with E-state index in [1.807, 2.05) is 42.5 Å². The number of carbonyl (C=O) groups excluding carboxylic acids is 1. The van der Waals surface area contributed by atoms with Gasteiger partial charge in [-0.3, -0.25) is 9.69 Å². The van der Waals surface area contributed by atoms with Crippen LogP contribution in [0.1, 0.15) is 25.0 Å². The Morgan fingerprint density at radius 2 is 1.32 bits per heavy atom. The van der Waals surface area contributed by atoms with Crippen molar-refractivity contribution in [3.8, 4) is 11.1 Å². The van der Waals surface area contributed by atoms with Crippen LogP contribution in [0.15, 0.2) is 78.9 Å². The van der Waals surface area contributed by atoms with E-state index in [9.17, 15) is 4.79 Å². The molecule has 0 radical (unpaired) electrons. The minimum Gasteiger partial charge on any atom is -0.326 e. The predicted molar refractivity (Wildman–Crippen MR) is 117 cm³/mol. The molecule has 3 aromatic rings. The Morgan fingerprint density at radius 1 is 0.750 bits per heavy atom. The summed E-state index contributed by atoms with van der Waals surface area (Å²) >= 11 is 0. The van der Waals surface area contributed by atoms with Crippen molar-refractivity contribution in [1.29, 1.82) is 0 Å². The molecule has 0 saturated carbocycles. The fourth-order valence-electron chi connectivity index (χ4n) is 3.24. The minimum absolute atomic E-state index is 0.00366. The first-order valence-electron chi connectivity index (χ1n) is 9.93. The van der Waals surface area contributed by atoms with Crippen LogP contribution in [0.5, 0.6) is 0 Å². The van der Waals surface area contributed by atoms with Gasteiger partial charge in [-0.25, -0.2) is 0 Å². The molecule has 0 unspecified atom stereocenters. The van der Waals surface area contributed by atoms with Gasteiger partial charge in [0, 0.05) is 12.2 Å². The summed E-state index contributed by atoms with van der Waals surface area (Å²) in [5.41, 5.74) is 5.46. The summed E-state index contributed by atoms with van der Waals surface area (Å²) in [4.78, 5) is 14.7. The van der Waals surface area contributed by atoms with Gasteiger partial charge >= 0.3 is 0 Å². The van der Waals surface area contributed by atoms with Crippen LogP contribution in [0.25, 0.3) is 11.1 Å². The van der Waals surface area contributed by atoms with E-state index in [4.69, 9.17) is 0 Å². The monoisotopic (exact) mass is 372 g/mol. The van der Waals surface area contributed by atoms with Crippen molar-refractivity contribution >= 4 is 11.6 Å². The Kier molecular flexibility index (Phi) is 6.99. The molecule has 3 nitrogen and oxygen atoms in total. The number of carbonyl (C=O) groups is 1. The second-order valence-electron chi connectivity index (χ2n) is 6.95. The van der Waals surface area contributed by atoms with E-state index in [0.717, 1.165) is 36.4 Å². The third kappa shape index (κ3) is 5.54. The van der Waals surface area contributed by atoms with Gasteiger partial charge in [0.1, 0.15) is 0 Å². The third-order valence-corrected chi connectivity index (χ3v) is 4.96. The molecule has 3 rings (SSSR count). The van der Waals surface area contributed by atoms with Crippen LogP contribution in [-0.2, 0) is 17.8 Å². The average molecular weight is 373 g/mol. The molecule has 0 bridgehead atoms. The molecule has 0 spiro atoms. The first kappa shape index (κ1) is 19.8. The topological polar surface area (TPSA) is 32.3 Å². The van der Waals surface area contributed by atoms with Gasteiger partial charge < -0.3 is 5.32 Å². The van der Waals surface area contributed by atoms with Crippen molar-refractivity contribution in [1.82, 2.24) is 4.90 Å². The van der Waals surface area contributed by atoms with Crippen LogP contribution in [0.4, 0.5) is 5.69 Å². The molecule has 28 heavy (non-hydrogen) atoms. The summed E-state index contributed by atoms with van der Waals surface area (Å²) in [5.74, 6) is 0.00366. The van der Waals surface area contributed by atoms with Gasteiger partial charge in [0.25, 0.3) is 0 Å². The highest BCUT2D eigenvalue weighted by Gasteiger charge is 2.06. The summed E-state index contributed by atoms with van der Waals surface area (Å²) in [6.07, 6.45) is 0.371. The molecule has 3 heteroatoms. The molecule has 1 amide bonds. The van der Waals surface area contributed by atoms with Crippen LogP contribution in [0.3, 0.4) is 0 Å². The van der Waals surface area contributed by atoms with E-state index < -0.39 is 0 Å². The van der Waals surface area contributed by atoms with Gasteiger partial charge in [-0.1, -0.05) is 80.6 Å². The number of anilines is 1. The van der Waals surface area contributed by atoms with Crippen molar-refractivity contribution in [3.63, 3.8) is 0 Å². The van der Waals surface area contributed by atoms with Crippen LogP contribution >= 0.6 is 0 Å². The average Bonchev–Trinajstić information content (AvgIpc) is 2.74. The van der Waals surface area contributed by atoms with Crippen molar-refractivity contribution in [3.05, 3.63) is 90.0 Å². The van der Waals surface area contributed by atoms with E-state index >= 15 is 0 Å². The van der Waals surface area contributed by atoms with Gasteiger partial charge in [0.15, 0.2) is 0 Å². The van der Waals surface area contributed by atoms with Gasteiger partial charge in [-0.2, -0.15) is 0 Å². The summed E-state index contributed by atoms with van der Waals surface area (Å²) in [6.45, 7) is 7.36. The maximum Gasteiger partial charge on any atom is 0.228 e. The largest absolute Gasteiger partial charge is 0.326 e. The van der Waals surface area contributed by atoms with Crippen LogP contribution < -0.4 is 5.32 Å². The quantitative estimate of drug-likeness (QED) is 0.576. The first-order chi connectivity index (χ1) is 13.7. The van der Waals surface area contributed by atoms with E-state index in [1.165, 1.54) is 11.1 Å². The van der Waals surface area contributed by atoms with E-state index in [0.29, 0.717) is 6.42 Å². The fraction of sp³-hybridized carbons (Fsp3) is 0.240. The summed E-state index contributed by atoms with van der Waals surface area (Å²) < 4.78 is 0. The number of hydrogen-bond acceptors (Lipinski definition) is 2. The standard InChI is InChI=1S/C25H28N2O/c1-3-27(4-2)19-21-12-16-24(17-13-21)26-25(28)18-20-10-14-23(15-11-20)22-8-6-5-7-9-22/h5-17H,3-4,18-19H2,1-2H3,(H,26,28). The van der Waals surface area contributed by atoms with E-state index in [2.05, 4.69) is 60.5 Å². The number of rotatable bonds is 8. The Balaban J connectivity index is 1.55. The molecule has 0 heterocycles. The van der Waals surface area contributed by atoms with Crippen LogP contribution in [-0.4, -0.2) is 23.9 Å². The number of nitrogens with zero attached hydrogens (tertiary/aromatic N) is 1. The lowest BCUT2D eigenvalue weighted by Gasteiger charge is -2.18. The Labute approximate surface area is 168 Å².